The van der Waals surface area contributed by atoms with Gasteiger partial charge in [-0.2, -0.15) is 0 Å². The molecule has 0 unspecified atom stereocenters. The van der Waals surface area contributed by atoms with E-state index in [4.69, 9.17) is 0 Å². The van der Waals surface area contributed by atoms with E-state index in [0.717, 1.165) is 0 Å². The minimum absolute atomic E-state index is 0.216. The molecule has 1 aromatic carbocycles. The summed E-state index contributed by atoms with van der Waals surface area (Å²) in [7, 11) is 0. The van der Waals surface area contributed by atoms with Gasteiger partial charge in [0.15, 0.2) is 0 Å². The zero-order chi connectivity index (χ0) is 13.1. The number of aromatic amines is 2. The Kier molecular flexibility index (Phi) is 3.32. The Bertz CT molecular complexity index is 593. The summed E-state index contributed by atoms with van der Waals surface area (Å²) in [6.07, 6.45) is 0. The van der Waals surface area contributed by atoms with Crippen LogP contribution in [-0.4, -0.2) is 16.1 Å². The molecule has 5 heteroatoms. The number of rotatable bonds is 3. The molecule has 0 saturated heterocycles. The summed E-state index contributed by atoms with van der Waals surface area (Å²) in [4.78, 5) is 22.6. The zero-order valence-electron chi connectivity index (χ0n) is 10.3. The maximum absolute atomic E-state index is 11.7. The van der Waals surface area contributed by atoms with Crippen LogP contribution >= 0.6 is 0 Å². The number of anilines is 1. The van der Waals surface area contributed by atoms with Crippen molar-refractivity contribution in [3.05, 3.63) is 51.9 Å². The number of benzene rings is 1. The van der Waals surface area contributed by atoms with Gasteiger partial charge in [0.25, 0.3) is 11.5 Å². The fraction of sp³-hybridized carbons (Fsp3) is 0.231. The van der Waals surface area contributed by atoms with Gasteiger partial charge in [-0.05, 0) is 23.6 Å². The van der Waals surface area contributed by atoms with E-state index < -0.39 is 0 Å². The zero-order valence-corrected chi connectivity index (χ0v) is 10.3. The average Bonchev–Trinajstić information content (AvgIpc) is 2.76. The third-order valence-electron chi connectivity index (χ3n) is 2.68. The van der Waals surface area contributed by atoms with Crippen LogP contribution in [-0.2, 0) is 0 Å². The highest BCUT2D eigenvalue weighted by atomic mass is 16.2. The number of aromatic nitrogens is 2. The third-order valence-corrected chi connectivity index (χ3v) is 2.68. The lowest BCUT2D eigenvalue weighted by Crippen LogP contribution is -2.12. The van der Waals surface area contributed by atoms with Gasteiger partial charge in [-0.1, -0.05) is 26.0 Å². The minimum atomic E-state index is -0.342. The first-order valence-electron chi connectivity index (χ1n) is 5.75. The molecule has 2 rings (SSSR count). The van der Waals surface area contributed by atoms with Crippen LogP contribution in [0.15, 0.2) is 35.1 Å². The summed E-state index contributed by atoms with van der Waals surface area (Å²) in [5.41, 5.74) is 1.80. The Morgan fingerprint density at radius 2 is 1.83 bits per heavy atom. The number of carbonyl (C=O) groups is 1. The summed E-state index contributed by atoms with van der Waals surface area (Å²) in [6.45, 7) is 4.22. The smallest absolute Gasteiger partial charge is 0.273 e. The first-order chi connectivity index (χ1) is 8.56. The molecular formula is C13H15N3O2. The Labute approximate surface area is 104 Å². The van der Waals surface area contributed by atoms with E-state index in [1.807, 2.05) is 24.3 Å². The molecule has 0 bridgehead atoms. The predicted molar refractivity (Wildman–Crippen MR) is 69.9 cm³/mol. The van der Waals surface area contributed by atoms with Crippen molar-refractivity contribution in [1.29, 1.82) is 0 Å². The quantitative estimate of drug-likeness (QED) is 0.774. The Hall–Kier alpha value is -2.30. The first-order valence-corrected chi connectivity index (χ1v) is 5.75. The van der Waals surface area contributed by atoms with E-state index in [9.17, 15) is 9.59 Å². The van der Waals surface area contributed by atoms with Gasteiger partial charge in [-0.25, -0.2) is 0 Å². The summed E-state index contributed by atoms with van der Waals surface area (Å²) < 4.78 is 0. The van der Waals surface area contributed by atoms with Crippen molar-refractivity contribution in [2.75, 3.05) is 5.32 Å². The highest BCUT2D eigenvalue weighted by molar-refractivity contribution is 6.02. The molecule has 1 amide bonds. The van der Waals surface area contributed by atoms with E-state index in [-0.39, 0.29) is 17.2 Å². The van der Waals surface area contributed by atoms with Crippen molar-refractivity contribution in [1.82, 2.24) is 10.2 Å². The van der Waals surface area contributed by atoms with Gasteiger partial charge in [0.05, 0.1) is 0 Å². The van der Waals surface area contributed by atoms with Crippen LogP contribution in [0.1, 0.15) is 35.8 Å². The van der Waals surface area contributed by atoms with Gasteiger partial charge in [0.2, 0.25) is 0 Å². The maximum atomic E-state index is 11.7. The molecular weight excluding hydrogens is 230 g/mol. The Morgan fingerprint density at radius 3 is 2.33 bits per heavy atom. The van der Waals surface area contributed by atoms with Crippen LogP contribution in [0.4, 0.5) is 5.69 Å². The summed E-state index contributed by atoms with van der Waals surface area (Å²) in [5, 5.41) is 7.53. The van der Waals surface area contributed by atoms with Gasteiger partial charge in [0.1, 0.15) is 5.69 Å². The Morgan fingerprint density at radius 1 is 1.17 bits per heavy atom. The fourth-order valence-corrected chi connectivity index (χ4v) is 1.60. The van der Waals surface area contributed by atoms with Gasteiger partial charge >= 0.3 is 0 Å². The highest BCUT2D eigenvalue weighted by Gasteiger charge is 2.08. The average molecular weight is 245 g/mol. The van der Waals surface area contributed by atoms with Crippen molar-refractivity contribution in [3.8, 4) is 0 Å². The number of nitrogens with one attached hydrogen (secondary N) is 3. The van der Waals surface area contributed by atoms with Crippen LogP contribution in [0, 0.1) is 0 Å². The second-order valence-electron chi connectivity index (χ2n) is 4.40. The van der Waals surface area contributed by atoms with Crippen molar-refractivity contribution < 1.29 is 4.79 Å². The van der Waals surface area contributed by atoms with Crippen molar-refractivity contribution in [2.45, 2.75) is 19.8 Å². The predicted octanol–water partition coefficient (Wildman–Crippen LogP) is 2.08. The lowest BCUT2D eigenvalue weighted by molar-refractivity contribution is 0.102. The molecule has 1 aromatic heterocycles. The van der Waals surface area contributed by atoms with Crippen molar-refractivity contribution in [3.63, 3.8) is 0 Å². The van der Waals surface area contributed by atoms with Crippen LogP contribution in [0.25, 0.3) is 0 Å². The SMILES string of the molecule is CC(C)c1ccc(NC(=O)c2cc(=O)[nH][nH]2)cc1. The molecule has 0 radical (unpaired) electrons. The van der Waals surface area contributed by atoms with Gasteiger partial charge in [0, 0.05) is 11.8 Å². The van der Waals surface area contributed by atoms with E-state index in [2.05, 4.69) is 29.4 Å². The molecule has 0 aliphatic rings. The van der Waals surface area contributed by atoms with Crippen LogP contribution in [0.2, 0.25) is 0 Å². The Balaban J connectivity index is 2.10. The normalized spacial score (nSPS) is 10.6. The maximum Gasteiger partial charge on any atom is 0.273 e. The summed E-state index contributed by atoms with van der Waals surface area (Å²) in [5.74, 6) is 0.112. The lowest BCUT2D eigenvalue weighted by atomic mass is 10.0. The van der Waals surface area contributed by atoms with Crippen LogP contribution in [0.5, 0.6) is 0 Å². The number of hydrogen-bond donors (Lipinski definition) is 3. The molecule has 18 heavy (non-hydrogen) atoms. The molecule has 0 fully saturated rings. The standard InChI is InChI=1S/C13H15N3O2/c1-8(2)9-3-5-10(6-4-9)14-13(18)11-7-12(17)16-15-11/h3-8H,1-2H3,(H,14,18)(H2,15,16,17). The molecule has 0 aliphatic carbocycles. The van der Waals surface area contributed by atoms with E-state index in [1.165, 1.54) is 11.6 Å². The summed E-state index contributed by atoms with van der Waals surface area (Å²) >= 11 is 0. The molecule has 0 spiro atoms. The molecule has 3 N–H and O–H groups in total. The van der Waals surface area contributed by atoms with E-state index >= 15 is 0 Å². The van der Waals surface area contributed by atoms with Crippen molar-refractivity contribution >= 4 is 11.6 Å². The second-order valence-corrected chi connectivity index (χ2v) is 4.40. The highest BCUT2D eigenvalue weighted by Crippen LogP contribution is 2.17. The van der Waals surface area contributed by atoms with Gasteiger partial charge in [-0.3, -0.25) is 19.8 Å². The topological polar surface area (TPSA) is 77.8 Å². The van der Waals surface area contributed by atoms with E-state index in [0.29, 0.717) is 11.6 Å². The number of H-pyrrole nitrogens is 2. The minimum Gasteiger partial charge on any atom is -0.321 e. The monoisotopic (exact) mass is 245 g/mol. The molecule has 2 aromatic rings. The van der Waals surface area contributed by atoms with Gasteiger partial charge in [-0.15, -0.1) is 0 Å². The number of amides is 1. The summed E-state index contributed by atoms with van der Waals surface area (Å²) in [6, 6.07) is 8.86. The number of hydrogen-bond acceptors (Lipinski definition) is 2. The van der Waals surface area contributed by atoms with Crippen molar-refractivity contribution in [2.24, 2.45) is 0 Å². The third kappa shape index (κ3) is 2.68. The fourth-order valence-electron chi connectivity index (χ4n) is 1.60. The molecule has 0 saturated carbocycles. The largest absolute Gasteiger partial charge is 0.321 e. The van der Waals surface area contributed by atoms with E-state index in [1.54, 1.807) is 0 Å². The molecule has 5 nitrogen and oxygen atoms in total. The molecule has 1 heterocycles. The molecule has 0 atom stereocenters. The van der Waals surface area contributed by atoms with Gasteiger partial charge < -0.3 is 5.32 Å². The lowest BCUT2D eigenvalue weighted by Gasteiger charge is -2.07. The van der Waals surface area contributed by atoms with Crippen LogP contribution < -0.4 is 10.9 Å². The first kappa shape index (κ1) is 12.2. The number of carbonyl (C=O) groups excluding carboxylic acids is 1. The molecule has 0 aliphatic heterocycles. The molecule has 94 valence electrons. The van der Waals surface area contributed by atoms with Crippen LogP contribution in [0.3, 0.4) is 0 Å². The second kappa shape index (κ2) is 4.91.